The van der Waals surface area contributed by atoms with Crippen LogP contribution in [0.1, 0.15) is 5.56 Å². The zero-order chi connectivity index (χ0) is 10.8. The zero-order valence-electron chi connectivity index (χ0n) is 8.12. The van der Waals surface area contributed by atoms with Gasteiger partial charge in [0.05, 0.1) is 7.11 Å². The largest absolute Gasteiger partial charge is 0.497 e. The van der Waals surface area contributed by atoms with E-state index in [9.17, 15) is 4.79 Å². The Morgan fingerprint density at radius 1 is 1.33 bits per heavy atom. The average molecular weight is 269 g/mol. The molecule has 0 unspecified atom stereocenters. The van der Waals surface area contributed by atoms with Gasteiger partial charge in [0.15, 0.2) is 0 Å². The summed E-state index contributed by atoms with van der Waals surface area (Å²) < 4.78 is 10.5. The van der Waals surface area contributed by atoms with Crippen LogP contribution in [0.15, 0.2) is 28.7 Å². The van der Waals surface area contributed by atoms with Gasteiger partial charge in [0.2, 0.25) is 0 Å². The molecule has 2 rings (SSSR count). The second-order valence-corrected chi connectivity index (χ2v) is 3.89. The summed E-state index contributed by atoms with van der Waals surface area (Å²) >= 11 is 3.22. The summed E-state index contributed by atoms with van der Waals surface area (Å²) in [5.74, 6) is 0.488. The number of methoxy groups -OCH3 is 1. The van der Waals surface area contributed by atoms with Gasteiger partial charge in [-0.1, -0.05) is 12.1 Å². The Balaban J connectivity index is 2.34. The van der Waals surface area contributed by atoms with Crippen LogP contribution in [-0.4, -0.2) is 19.7 Å². The van der Waals surface area contributed by atoms with Gasteiger partial charge in [0, 0.05) is 5.57 Å². The van der Waals surface area contributed by atoms with E-state index < -0.39 is 0 Å². The molecule has 0 fully saturated rings. The summed E-state index contributed by atoms with van der Waals surface area (Å²) in [7, 11) is 1.62. The van der Waals surface area contributed by atoms with Crippen molar-refractivity contribution in [3.05, 3.63) is 34.3 Å². The van der Waals surface area contributed by atoms with E-state index in [4.69, 9.17) is 9.47 Å². The molecular formula is C11H9BrO3. The SMILES string of the molecule is COc1ccc(C2=C(Br)C(=O)OC2)cc1. The number of rotatable bonds is 2. The summed E-state index contributed by atoms with van der Waals surface area (Å²) in [6.45, 7) is 0.325. The van der Waals surface area contributed by atoms with Crippen LogP contribution >= 0.6 is 15.9 Å². The molecule has 1 aliphatic heterocycles. The molecule has 0 N–H and O–H groups in total. The van der Waals surface area contributed by atoms with Gasteiger partial charge in [-0.15, -0.1) is 0 Å². The first-order chi connectivity index (χ1) is 7.22. The van der Waals surface area contributed by atoms with Crippen molar-refractivity contribution in [1.82, 2.24) is 0 Å². The number of halogens is 1. The van der Waals surface area contributed by atoms with Crippen molar-refractivity contribution in [3.63, 3.8) is 0 Å². The summed E-state index contributed by atoms with van der Waals surface area (Å²) in [5, 5.41) is 0. The highest BCUT2D eigenvalue weighted by atomic mass is 79.9. The third kappa shape index (κ3) is 1.90. The van der Waals surface area contributed by atoms with Crippen LogP contribution < -0.4 is 4.74 Å². The first kappa shape index (κ1) is 10.2. The van der Waals surface area contributed by atoms with E-state index >= 15 is 0 Å². The molecule has 0 bridgehead atoms. The molecule has 0 radical (unpaired) electrons. The van der Waals surface area contributed by atoms with Crippen LogP contribution in [0.3, 0.4) is 0 Å². The van der Waals surface area contributed by atoms with Gasteiger partial charge in [-0.2, -0.15) is 0 Å². The number of hydrogen-bond donors (Lipinski definition) is 0. The van der Waals surface area contributed by atoms with Crippen LogP contribution in [0, 0.1) is 0 Å². The Labute approximate surface area is 95.8 Å². The Morgan fingerprint density at radius 2 is 2.00 bits per heavy atom. The van der Waals surface area contributed by atoms with Crippen molar-refractivity contribution < 1.29 is 14.3 Å². The molecule has 0 atom stereocenters. The molecule has 1 aromatic rings. The first-order valence-electron chi connectivity index (χ1n) is 4.42. The standard InChI is InChI=1S/C11H9BrO3/c1-14-8-4-2-7(3-5-8)9-6-15-11(13)10(9)12/h2-5H,6H2,1H3. The van der Waals surface area contributed by atoms with Gasteiger partial charge in [-0.3, -0.25) is 0 Å². The molecule has 0 spiro atoms. The van der Waals surface area contributed by atoms with E-state index in [2.05, 4.69) is 15.9 Å². The maximum Gasteiger partial charge on any atom is 0.346 e. The fourth-order valence-electron chi connectivity index (χ4n) is 1.39. The van der Waals surface area contributed by atoms with Gasteiger partial charge >= 0.3 is 5.97 Å². The van der Waals surface area contributed by atoms with Gasteiger partial charge < -0.3 is 9.47 Å². The molecule has 15 heavy (non-hydrogen) atoms. The molecule has 0 saturated carbocycles. The Kier molecular flexibility index (Phi) is 2.77. The number of benzene rings is 1. The summed E-state index contributed by atoms with van der Waals surface area (Å²) in [6, 6.07) is 7.51. The fourth-order valence-corrected chi connectivity index (χ4v) is 1.85. The van der Waals surface area contributed by atoms with Crippen LogP contribution in [-0.2, 0) is 9.53 Å². The van der Waals surface area contributed by atoms with E-state index in [1.54, 1.807) is 7.11 Å². The van der Waals surface area contributed by atoms with Crippen molar-refractivity contribution in [1.29, 1.82) is 0 Å². The topological polar surface area (TPSA) is 35.5 Å². The lowest BCUT2D eigenvalue weighted by Gasteiger charge is -2.03. The predicted molar refractivity (Wildman–Crippen MR) is 59.8 cm³/mol. The smallest absolute Gasteiger partial charge is 0.346 e. The fraction of sp³-hybridized carbons (Fsp3) is 0.182. The summed E-state index contributed by atoms with van der Waals surface area (Å²) in [6.07, 6.45) is 0. The molecule has 0 amide bonds. The maximum absolute atomic E-state index is 11.1. The lowest BCUT2D eigenvalue weighted by Crippen LogP contribution is -1.93. The second-order valence-electron chi connectivity index (χ2n) is 3.10. The molecule has 4 heteroatoms. The summed E-state index contributed by atoms with van der Waals surface area (Å²) in [5.41, 5.74) is 1.84. The normalized spacial score (nSPS) is 15.5. The van der Waals surface area contributed by atoms with Gasteiger partial charge in [-0.05, 0) is 33.6 Å². The number of carbonyl (C=O) groups excluding carboxylic acids is 1. The van der Waals surface area contributed by atoms with Gasteiger partial charge in [-0.25, -0.2) is 4.79 Å². The van der Waals surface area contributed by atoms with Gasteiger partial charge in [0.25, 0.3) is 0 Å². The minimum absolute atomic E-state index is 0.305. The van der Waals surface area contributed by atoms with Crippen LogP contribution in [0.5, 0.6) is 5.75 Å². The number of carbonyl (C=O) groups is 1. The number of ether oxygens (including phenoxy) is 2. The number of cyclic esters (lactones) is 1. The van der Waals surface area contributed by atoms with Crippen LogP contribution in [0.4, 0.5) is 0 Å². The van der Waals surface area contributed by atoms with E-state index in [1.165, 1.54) is 0 Å². The second kappa shape index (κ2) is 4.06. The van der Waals surface area contributed by atoms with Crippen molar-refractivity contribution in [2.75, 3.05) is 13.7 Å². The third-order valence-electron chi connectivity index (χ3n) is 2.23. The van der Waals surface area contributed by atoms with Crippen LogP contribution in [0.2, 0.25) is 0 Å². The highest BCUT2D eigenvalue weighted by Gasteiger charge is 2.23. The Bertz CT molecular complexity index is 420. The minimum atomic E-state index is -0.305. The van der Waals surface area contributed by atoms with E-state index in [1.807, 2.05) is 24.3 Å². The molecular weight excluding hydrogens is 260 g/mol. The quantitative estimate of drug-likeness (QED) is 0.773. The van der Waals surface area contributed by atoms with E-state index in [0.29, 0.717) is 11.1 Å². The molecule has 0 aliphatic carbocycles. The highest BCUT2D eigenvalue weighted by Crippen LogP contribution is 2.30. The zero-order valence-corrected chi connectivity index (χ0v) is 9.71. The lowest BCUT2D eigenvalue weighted by atomic mass is 10.1. The molecule has 1 aromatic carbocycles. The predicted octanol–water partition coefficient (Wildman–Crippen LogP) is 2.36. The lowest BCUT2D eigenvalue weighted by molar-refractivity contribution is -0.135. The Hall–Kier alpha value is -1.29. The molecule has 78 valence electrons. The summed E-state index contributed by atoms with van der Waals surface area (Å²) in [4.78, 5) is 11.1. The first-order valence-corrected chi connectivity index (χ1v) is 5.22. The molecule has 0 saturated heterocycles. The van der Waals surface area contributed by atoms with Crippen molar-refractivity contribution in [3.8, 4) is 5.75 Å². The maximum atomic E-state index is 11.1. The monoisotopic (exact) mass is 268 g/mol. The number of esters is 1. The molecule has 0 aromatic heterocycles. The molecule has 1 aliphatic rings. The highest BCUT2D eigenvalue weighted by molar-refractivity contribution is 9.12. The number of hydrogen-bond acceptors (Lipinski definition) is 3. The van der Waals surface area contributed by atoms with Gasteiger partial charge in [0.1, 0.15) is 16.8 Å². The Morgan fingerprint density at radius 3 is 2.47 bits per heavy atom. The molecule has 1 heterocycles. The minimum Gasteiger partial charge on any atom is -0.497 e. The van der Waals surface area contributed by atoms with E-state index in [0.717, 1.165) is 16.9 Å². The molecule has 3 nitrogen and oxygen atoms in total. The van der Waals surface area contributed by atoms with E-state index in [-0.39, 0.29) is 5.97 Å². The van der Waals surface area contributed by atoms with Crippen molar-refractivity contribution in [2.24, 2.45) is 0 Å². The third-order valence-corrected chi connectivity index (χ3v) is 3.03. The van der Waals surface area contributed by atoms with Crippen molar-refractivity contribution in [2.45, 2.75) is 0 Å². The average Bonchev–Trinajstić information content (AvgIpc) is 2.60. The van der Waals surface area contributed by atoms with Crippen molar-refractivity contribution >= 4 is 27.5 Å². The van der Waals surface area contributed by atoms with Crippen LogP contribution in [0.25, 0.3) is 5.57 Å².